The summed E-state index contributed by atoms with van der Waals surface area (Å²) in [5.41, 5.74) is 1.02. The van der Waals surface area contributed by atoms with Crippen LogP contribution in [-0.2, 0) is 20.1 Å². The SMILES string of the molecule is CCNC(=NCc1nncn1C)N(C)Cc1ccc(F)cc1. The van der Waals surface area contributed by atoms with E-state index in [9.17, 15) is 4.39 Å². The fourth-order valence-corrected chi connectivity index (χ4v) is 2.00. The van der Waals surface area contributed by atoms with Gasteiger partial charge in [-0.1, -0.05) is 12.1 Å². The molecule has 0 radical (unpaired) electrons. The topological polar surface area (TPSA) is 58.3 Å². The molecule has 22 heavy (non-hydrogen) atoms. The Labute approximate surface area is 129 Å². The first-order valence-electron chi connectivity index (χ1n) is 7.17. The summed E-state index contributed by atoms with van der Waals surface area (Å²) in [4.78, 5) is 6.56. The van der Waals surface area contributed by atoms with Crippen molar-refractivity contribution in [2.75, 3.05) is 13.6 Å². The van der Waals surface area contributed by atoms with Crippen LogP contribution in [0.3, 0.4) is 0 Å². The van der Waals surface area contributed by atoms with Gasteiger partial charge in [0.25, 0.3) is 0 Å². The minimum Gasteiger partial charge on any atom is -0.357 e. The lowest BCUT2D eigenvalue weighted by molar-refractivity contribution is 0.475. The number of guanidine groups is 1. The fourth-order valence-electron chi connectivity index (χ4n) is 2.00. The monoisotopic (exact) mass is 304 g/mol. The van der Waals surface area contributed by atoms with Crippen LogP contribution < -0.4 is 5.32 Å². The van der Waals surface area contributed by atoms with Crippen molar-refractivity contribution in [2.45, 2.75) is 20.0 Å². The van der Waals surface area contributed by atoms with Crippen LogP contribution in [-0.4, -0.2) is 39.2 Å². The average molecular weight is 304 g/mol. The third-order valence-electron chi connectivity index (χ3n) is 3.20. The van der Waals surface area contributed by atoms with Gasteiger partial charge in [-0.2, -0.15) is 0 Å². The summed E-state index contributed by atoms with van der Waals surface area (Å²) >= 11 is 0. The number of nitrogens with zero attached hydrogens (tertiary/aromatic N) is 5. The summed E-state index contributed by atoms with van der Waals surface area (Å²) < 4.78 is 14.8. The van der Waals surface area contributed by atoms with Gasteiger partial charge < -0.3 is 14.8 Å². The van der Waals surface area contributed by atoms with Crippen LogP contribution in [0.25, 0.3) is 0 Å². The van der Waals surface area contributed by atoms with Crippen molar-refractivity contribution in [3.05, 3.63) is 47.8 Å². The molecule has 0 fully saturated rings. The maximum absolute atomic E-state index is 13.0. The van der Waals surface area contributed by atoms with Crippen LogP contribution in [0.4, 0.5) is 4.39 Å². The van der Waals surface area contributed by atoms with Crippen LogP contribution in [0.15, 0.2) is 35.6 Å². The summed E-state index contributed by atoms with van der Waals surface area (Å²) in [6.45, 7) is 3.88. The van der Waals surface area contributed by atoms with Gasteiger partial charge in [-0.15, -0.1) is 10.2 Å². The van der Waals surface area contributed by atoms with E-state index in [0.717, 1.165) is 23.9 Å². The number of hydrogen-bond donors (Lipinski definition) is 1. The Balaban J connectivity index is 2.05. The lowest BCUT2D eigenvalue weighted by atomic mass is 10.2. The van der Waals surface area contributed by atoms with Crippen molar-refractivity contribution < 1.29 is 4.39 Å². The molecule has 0 aliphatic carbocycles. The number of aryl methyl sites for hydroxylation is 1. The molecule has 0 saturated heterocycles. The second-order valence-electron chi connectivity index (χ2n) is 5.01. The van der Waals surface area contributed by atoms with Gasteiger partial charge in [-0.3, -0.25) is 0 Å². The standard InChI is InChI=1S/C15H21FN6/c1-4-17-15(18-9-14-20-19-11-22(14)3)21(2)10-12-5-7-13(16)8-6-12/h5-8,11H,4,9-10H2,1-3H3,(H,17,18). The fraction of sp³-hybridized carbons (Fsp3) is 0.400. The van der Waals surface area contributed by atoms with Crippen molar-refractivity contribution >= 4 is 5.96 Å². The number of nitrogens with one attached hydrogen (secondary N) is 1. The quantitative estimate of drug-likeness (QED) is 0.672. The van der Waals surface area contributed by atoms with Crippen molar-refractivity contribution in [3.63, 3.8) is 0 Å². The third kappa shape index (κ3) is 4.28. The van der Waals surface area contributed by atoms with E-state index < -0.39 is 0 Å². The Kier molecular flexibility index (Phi) is 5.46. The minimum absolute atomic E-state index is 0.228. The molecule has 1 aromatic heterocycles. The summed E-state index contributed by atoms with van der Waals surface area (Å²) in [6, 6.07) is 6.48. The summed E-state index contributed by atoms with van der Waals surface area (Å²) in [7, 11) is 3.83. The van der Waals surface area contributed by atoms with E-state index in [-0.39, 0.29) is 5.82 Å². The summed E-state index contributed by atoms with van der Waals surface area (Å²) in [5, 5.41) is 11.1. The van der Waals surface area contributed by atoms with Gasteiger partial charge in [0.1, 0.15) is 18.7 Å². The molecule has 1 N–H and O–H groups in total. The maximum Gasteiger partial charge on any atom is 0.194 e. The Hall–Kier alpha value is -2.44. The van der Waals surface area contributed by atoms with Gasteiger partial charge in [0.2, 0.25) is 0 Å². The Morgan fingerprint density at radius 2 is 2.09 bits per heavy atom. The highest BCUT2D eigenvalue weighted by Gasteiger charge is 2.08. The van der Waals surface area contributed by atoms with Crippen LogP contribution >= 0.6 is 0 Å². The predicted molar refractivity (Wildman–Crippen MR) is 83.7 cm³/mol. The zero-order valence-corrected chi connectivity index (χ0v) is 13.1. The second kappa shape index (κ2) is 7.53. The summed E-state index contributed by atoms with van der Waals surface area (Å²) in [5.74, 6) is 1.34. The number of rotatable bonds is 5. The highest BCUT2D eigenvalue weighted by molar-refractivity contribution is 5.79. The van der Waals surface area contributed by atoms with Gasteiger partial charge in [-0.05, 0) is 24.6 Å². The lowest BCUT2D eigenvalue weighted by Gasteiger charge is -2.22. The van der Waals surface area contributed by atoms with Crippen LogP contribution in [0, 0.1) is 5.82 Å². The largest absolute Gasteiger partial charge is 0.357 e. The van der Waals surface area contributed by atoms with E-state index in [1.807, 2.05) is 30.5 Å². The normalized spacial score (nSPS) is 11.5. The number of aromatic nitrogens is 3. The van der Waals surface area contributed by atoms with Crippen molar-refractivity contribution in [1.29, 1.82) is 0 Å². The van der Waals surface area contributed by atoms with E-state index in [1.54, 1.807) is 18.5 Å². The molecule has 2 aromatic rings. The molecule has 0 atom stereocenters. The smallest absolute Gasteiger partial charge is 0.194 e. The Bertz CT molecular complexity index is 619. The molecule has 0 spiro atoms. The third-order valence-corrected chi connectivity index (χ3v) is 3.20. The first kappa shape index (κ1) is 15.9. The molecule has 6 nitrogen and oxygen atoms in total. The molecule has 0 aliphatic rings. The molecular weight excluding hydrogens is 283 g/mol. The van der Waals surface area contributed by atoms with E-state index >= 15 is 0 Å². The Morgan fingerprint density at radius 1 is 1.36 bits per heavy atom. The van der Waals surface area contributed by atoms with Gasteiger partial charge in [0, 0.05) is 27.2 Å². The highest BCUT2D eigenvalue weighted by Crippen LogP contribution is 2.06. The van der Waals surface area contributed by atoms with Gasteiger partial charge >= 0.3 is 0 Å². The molecule has 1 aromatic carbocycles. The van der Waals surface area contributed by atoms with E-state index in [2.05, 4.69) is 20.5 Å². The number of aliphatic imine (C=N–C) groups is 1. The van der Waals surface area contributed by atoms with Gasteiger partial charge in [0.05, 0.1) is 0 Å². The van der Waals surface area contributed by atoms with Crippen LogP contribution in [0.2, 0.25) is 0 Å². The molecule has 7 heteroatoms. The molecule has 0 unspecified atom stereocenters. The van der Waals surface area contributed by atoms with Gasteiger partial charge in [0.15, 0.2) is 11.8 Å². The number of benzene rings is 1. The van der Waals surface area contributed by atoms with Crippen molar-refractivity contribution in [1.82, 2.24) is 25.0 Å². The minimum atomic E-state index is -0.228. The molecule has 0 amide bonds. The molecule has 0 bridgehead atoms. The first-order chi connectivity index (χ1) is 10.6. The Morgan fingerprint density at radius 3 is 2.68 bits per heavy atom. The van der Waals surface area contributed by atoms with E-state index in [4.69, 9.17) is 0 Å². The van der Waals surface area contributed by atoms with Crippen LogP contribution in [0.5, 0.6) is 0 Å². The molecule has 0 saturated carbocycles. The molecule has 2 rings (SSSR count). The molecular formula is C15H21FN6. The summed E-state index contributed by atoms with van der Waals surface area (Å²) in [6.07, 6.45) is 1.65. The van der Waals surface area contributed by atoms with Gasteiger partial charge in [-0.25, -0.2) is 9.38 Å². The highest BCUT2D eigenvalue weighted by atomic mass is 19.1. The zero-order chi connectivity index (χ0) is 15.9. The lowest BCUT2D eigenvalue weighted by Crippen LogP contribution is -2.38. The maximum atomic E-state index is 13.0. The van der Waals surface area contributed by atoms with Crippen molar-refractivity contribution in [2.24, 2.45) is 12.0 Å². The van der Waals surface area contributed by atoms with E-state index in [1.165, 1.54) is 12.1 Å². The average Bonchev–Trinajstić information content (AvgIpc) is 2.91. The number of halogens is 1. The molecule has 0 aliphatic heterocycles. The van der Waals surface area contributed by atoms with Crippen molar-refractivity contribution in [3.8, 4) is 0 Å². The molecule has 118 valence electrons. The number of hydrogen-bond acceptors (Lipinski definition) is 3. The first-order valence-corrected chi connectivity index (χ1v) is 7.17. The van der Waals surface area contributed by atoms with E-state index in [0.29, 0.717) is 13.1 Å². The zero-order valence-electron chi connectivity index (χ0n) is 13.1. The van der Waals surface area contributed by atoms with Crippen LogP contribution in [0.1, 0.15) is 18.3 Å². The second-order valence-corrected chi connectivity index (χ2v) is 5.01. The predicted octanol–water partition coefficient (Wildman–Crippen LogP) is 1.55. The molecule has 1 heterocycles.